The van der Waals surface area contributed by atoms with Gasteiger partial charge in [0.25, 0.3) is 0 Å². The van der Waals surface area contributed by atoms with Crippen molar-refractivity contribution in [2.45, 2.75) is 75.0 Å². The van der Waals surface area contributed by atoms with Gasteiger partial charge in [-0.25, -0.2) is 10.4 Å². The molecule has 4 rings (SSSR count). The van der Waals surface area contributed by atoms with Crippen molar-refractivity contribution in [2.75, 3.05) is 33.9 Å². The highest BCUT2D eigenvalue weighted by Gasteiger charge is 2.59. The molecule has 3 aliphatic rings. The van der Waals surface area contributed by atoms with Gasteiger partial charge >= 0.3 is 22.1 Å². The van der Waals surface area contributed by atoms with Crippen LogP contribution in [-0.2, 0) is 40.6 Å². The van der Waals surface area contributed by atoms with Crippen molar-refractivity contribution < 1.29 is 54.1 Å². The SMILES string of the molecule is CO[C@H]1[C@@H](OC(=O)CCCCO[N+](=O)O)C=CC2C3Cc4ccc(OC(=O)CCCCO[N+](=O)O)cc4[C@]21CCN3C. The van der Waals surface area contributed by atoms with Gasteiger partial charge < -0.3 is 19.1 Å². The Labute approximate surface area is 243 Å². The van der Waals surface area contributed by atoms with Crippen molar-refractivity contribution in [1.29, 1.82) is 0 Å². The average Bonchev–Trinajstić information content (AvgIpc) is 2.94. The number of likely N-dealkylation sites (N-methyl/N-ethyl adjacent to an activating group) is 1. The van der Waals surface area contributed by atoms with Crippen molar-refractivity contribution in [3.8, 4) is 5.75 Å². The van der Waals surface area contributed by atoms with E-state index in [9.17, 15) is 19.4 Å². The molecule has 1 aliphatic heterocycles. The predicted octanol–water partition coefficient (Wildman–Crippen LogP) is 2.74. The maximum Gasteiger partial charge on any atom is 0.475 e. The van der Waals surface area contributed by atoms with Gasteiger partial charge in [-0.15, -0.1) is 0 Å². The van der Waals surface area contributed by atoms with Gasteiger partial charge in [-0.2, -0.15) is 9.68 Å². The lowest BCUT2D eigenvalue weighted by atomic mass is 9.52. The minimum atomic E-state index is -0.628. The molecule has 1 aromatic carbocycles. The molecule has 2 N–H and O–H groups in total. The Kier molecular flexibility index (Phi) is 10.3. The molecule has 14 heteroatoms. The molecule has 1 aromatic rings. The van der Waals surface area contributed by atoms with Gasteiger partial charge in [-0.3, -0.25) is 9.59 Å². The van der Waals surface area contributed by atoms with Crippen LogP contribution >= 0.6 is 0 Å². The van der Waals surface area contributed by atoms with E-state index in [2.05, 4.69) is 27.7 Å². The molecular formula is C28H39N3O11+2. The number of benzene rings is 1. The number of hydrogen-bond acceptors (Lipinski definition) is 10. The summed E-state index contributed by atoms with van der Waals surface area (Å²) in [5.41, 5.74) is 1.64. The first-order valence-electron chi connectivity index (χ1n) is 14.2. The van der Waals surface area contributed by atoms with E-state index in [4.69, 9.17) is 24.6 Å². The Morgan fingerprint density at radius 1 is 1.00 bits per heavy atom. The first-order valence-corrected chi connectivity index (χ1v) is 14.2. The van der Waals surface area contributed by atoms with E-state index < -0.39 is 39.7 Å². The molecule has 2 aliphatic carbocycles. The molecule has 0 amide bonds. The molecule has 14 nitrogen and oxygen atoms in total. The second-order valence-corrected chi connectivity index (χ2v) is 10.9. The van der Waals surface area contributed by atoms with Crippen LogP contribution in [0.4, 0.5) is 0 Å². The Morgan fingerprint density at radius 3 is 2.31 bits per heavy atom. The van der Waals surface area contributed by atoms with E-state index in [-0.39, 0.29) is 38.0 Å². The molecule has 0 spiro atoms. The highest BCUT2D eigenvalue weighted by atomic mass is 17.0. The summed E-state index contributed by atoms with van der Waals surface area (Å²) in [4.78, 5) is 57.3. The minimum Gasteiger partial charge on any atom is -0.455 e. The summed E-state index contributed by atoms with van der Waals surface area (Å²) in [5.74, 6) is -0.316. The van der Waals surface area contributed by atoms with Crippen LogP contribution in [-0.4, -0.2) is 89.6 Å². The summed E-state index contributed by atoms with van der Waals surface area (Å²) < 4.78 is 17.7. The average molecular weight is 594 g/mol. The number of nitrogens with zero attached hydrogens (tertiary/aromatic N) is 3. The zero-order valence-corrected chi connectivity index (χ0v) is 23.9. The highest BCUT2D eigenvalue weighted by Crippen LogP contribution is 2.55. The fourth-order valence-corrected chi connectivity index (χ4v) is 6.64. The Morgan fingerprint density at radius 2 is 1.67 bits per heavy atom. The number of esters is 2. The van der Waals surface area contributed by atoms with Crippen LogP contribution in [0.15, 0.2) is 30.4 Å². The van der Waals surface area contributed by atoms with Gasteiger partial charge in [0.2, 0.25) is 0 Å². The Bertz CT molecular complexity index is 1190. The predicted molar refractivity (Wildman–Crippen MR) is 142 cm³/mol. The van der Waals surface area contributed by atoms with E-state index in [1.165, 1.54) is 0 Å². The lowest BCUT2D eigenvalue weighted by Gasteiger charge is -2.60. The van der Waals surface area contributed by atoms with Crippen LogP contribution in [0.3, 0.4) is 0 Å². The first kappa shape index (κ1) is 31.2. The first-order chi connectivity index (χ1) is 20.1. The maximum absolute atomic E-state index is 12.8. The quantitative estimate of drug-likeness (QED) is 0.101. The van der Waals surface area contributed by atoms with Crippen molar-refractivity contribution >= 4 is 11.9 Å². The number of carbonyl (C=O) groups excluding carboxylic acids is 2. The maximum atomic E-state index is 12.8. The zero-order valence-electron chi connectivity index (χ0n) is 23.9. The molecule has 0 radical (unpaired) electrons. The number of likely N-dealkylation sites (tertiary alicyclic amines) is 1. The largest absolute Gasteiger partial charge is 0.475 e. The fourth-order valence-electron chi connectivity index (χ4n) is 6.64. The molecule has 1 saturated heterocycles. The lowest BCUT2D eigenvalue weighted by molar-refractivity contribution is -0.975. The molecule has 1 fully saturated rings. The van der Waals surface area contributed by atoms with Gasteiger partial charge in [0.1, 0.15) is 27.8 Å². The van der Waals surface area contributed by atoms with Gasteiger partial charge in [-0.1, -0.05) is 12.1 Å². The second kappa shape index (κ2) is 13.9. The van der Waals surface area contributed by atoms with Crippen LogP contribution in [0.1, 0.15) is 56.1 Å². The number of unbranched alkanes of at least 4 members (excludes halogenated alkanes) is 2. The molecule has 2 bridgehead atoms. The molecular weight excluding hydrogens is 554 g/mol. The summed E-state index contributed by atoms with van der Waals surface area (Å²) in [5, 5.41) is 15.8. The number of ether oxygens (including phenoxy) is 3. The van der Waals surface area contributed by atoms with Crippen molar-refractivity contribution in [3.63, 3.8) is 0 Å². The topological polar surface area (TPSA) is 164 Å². The number of hydrogen-bond donors (Lipinski definition) is 2. The minimum absolute atomic E-state index is 0.0123. The Balaban J connectivity index is 1.50. The summed E-state index contributed by atoms with van der Waals surface area (Å²) in [6.45, 7) is 0.790. The van der Waals surface area contributed by atoms with E-state index in [1.54, 1.807) is 13.2 Å². The van der Waals surface area contributed by atoms with Gasteiger partial charge in [-0.05, 0) is 81.5 Å². The van der Waals surface area contributed by atoms with Crippen LogP contribution < -0.4 is 4.74 Å². The monoisotopic (exact) mass is 593 g/mol. The third-order valence-electron chi connectivity index (χ3n) is 8.49. The number of rotatable bonds is 15. The van der Waals surface area contributed by atoms with Gasteiger partial charge in [0.05, 0.1) is 0 Å². The summed E-state index contributed by atoms with van der Waals surface area (Å²) in [6.07, 6.45) is 6.38. The molecule has 1 heterocycles. The second-order valence-electron chi connectivity index (χ2n) is 10.9. The van der Waals surface area contributed by atoms with Crippen molar-refractivity contribution in [1.82, 2.24) is 4.90 Å². The van der Waals surface area contributed by atoms with Crippen LogP contribution in [0.25, 0.3) is 0 Å². The summed E-state index contributed by atoms with van der Waals surface area (Å²) in [7, 11) is 3.74. The molecule has 2 unspecified atom stereocenters. The molecule has 0 saturated carbocycles. The van der Waals surface area contributed by atoms with Crippen LogP contribution in [0.2, 0.25) is 0 Å². The third-order valence-corrected chi connectivity index (χ3v) is 8.49. The summed E-state index contributed by atoms with van der Waals surface area (Å²) >= 11 is 0. The van der Waals surface area contributed by atoms with E-state index >= 15 is 0 Å². The van der Waals surface area contributed by atoms with Crippen LogP contribution in [0.5, 0.6) is 5.75 Å². The van der Waals surface area contributed by atoms with Crippen molar-refractivity contribution in [3.05, 3.63) is 51.3 Å². The van der Waals surface area contributed by atoms with Gasteiger partial charge in [0, 0.05) is 37.3 Å². The number of fused-ring (bicyclic) bond motifs is 1. The fraction of sp³-hybridized carbons (Fsp3) is 0.643. The number of methoxy groups -OCH3 is 1. The zero-order chi connectivity index (χ0) is 30.3. The Hall–Kier alpha value is -3.78. The van der Waals surface area contributed by atoms with E-state index in [0.717, 1.165) is 30.5 Å². The molecule has 0 aromatic heterocycles. The van der Waals surface area contributed by atoms with Crippen molar-refractivity contribution in [2.24, 2.45) is 5.92 Å². The normalized spacial score (nSPS) is 26.0. The lowest BCUT2D eigenvalue weighted by Crippen LogP contribution is -2.66. The van der Waals surface area contributed by atoms with Gasteiger partial charge in [0.15, 0.2) is 13.2 Å². The number of carbonyl (C=O) groups is 2. The highest BCUT2D eigenvalue weighted by molar-refractivity contribution is 5.72. The molecule has 230 valence electrons. The van der Waals surface area contributed by atoms with E-state index in [1.807, 2.05) is 18.2 Å². The number of piperidine rings is 1. The standard InChI is InChI=1S/C28H39N3O11/c1-29-14-13-28-21(11-12-24(27(28)38-2)42-26(33)8-4-6-16-40-31(36)37)23(29)17-19-9-10-20(18-22(19)28)41-25(32)7-3-5-15-39-30(34)35/h9-12,18,21,23-24,27H,3-8,13-17H2,1-2H3,(H,34,35)(H,36,37)/q+2/t21?,23?,24-,27-,28-/m0/s1. The smallest absolute Gasteiger partial charge is 0.455 e. The van der Waals surface area contributed by atoms with Crippen LogP contribution in [0, 0.1) is 15.7 Å². The summed E-state index contributed by atoms with van der Waals surface area (Å²) in [6, 6.07) is 5.92. The molecule has 42 heavy (non-hydrogen) atoms. The van der Waals surface area contributed by atoms with E-state index in [0.29, 0.717) is 31.4 Å². The third kappa shape index (κ3) is 6.98. The molecule has 5 atom stereocenters.